The van der Waals surface area contributed by atoms with Gasteiger partial charge in [0.2, 0.25) is 17.7 Å². The lowest BCUT2D eigenvalue weighted by Gasteiger charge is -2.24. The first kappa shape index (κ1) is 20.2. The van der Waals surface area contributed by atoms with Crippen molar-refractivity contribution < 1.29 is 9.47 Å². The number of nitrogens with two attached hydrogens (primary N) is 1. The first-order valence-corrected chi connectivity index (χ1v) is 10.8. The maximum absolute atomic E-state index is 5.98. The molecule has 0 amide bonds. The van der Waals surface area contributed by atoms with E-state index < -0.39 is 0 Å². The average molecular weight is 408 g/mol. The quantitative estimate of drug-likeness (QED) is 0.580. The topological polar surface area (TPSA) is 95.2 Å². The zero-order chi connectivity index (χ0) is 20.9. The van der Waals surface area contributed by atoms with Crippen LogP contribution in [0.15, 0.2) is 30.3 Å². The van der Waals surface area contributed by atoms with Gasteiger partial charge in [-0.2, -0.15) is 9.97 Å². The Morgan fingerprint density at radius 2 is 1.77 bits per heavy atom. The summed E-state index contributed by atoms with van der Waals surface area (Å²) in [6.07, 6.45) is 6.11. The van der Waals surface area contributed by atoms with Gasteiger partial charge >= 0.3 is 0 Å². The third-order valence-corrected chi connectivity index (χ3v) is 5.38. The Morgan fingerprint density at radius 3 is 2.53 bits per heavy atom. The van der Waals surface area contributed by atoms with Crippen LogP contribution < -0.4 is 20.5 Å². The van der Waals surface area contributed by atoms with Crippen molar-refractivity contribution in [1.82, 2.24) is 15.0 Å². The first-order chi connectivity index (χ1) is 14.7. The lowest BCUT2D eigenvalue weighted by Crippen LogP contribution is -2.23. The summed E-state index contributed by atoms with van der Waals surface area (Å²) in [7, 11) is 0. The van der Waals surface area contributed by atoms with Crippen LogP contribution in [0.5, 0.6) is 11.8 Å². The molecular formula is C23H29N5O2. The Bertz CT molecular complexity index is 1020. The molecule has 158 valence electrons. The molecule has 3 N–H and O–H groups in total. The number of nitrogens with one attached hydrogen (secondary N) is 1. The Labute approximate surface area is 177 Å². The first-order valence-electron chi connectivity index (χ1n) is 10.8. The predicted molar refractivity (Wildman–Crippen MR) is 120 cm³/mol. The van der Waals surface area contributed by atoms with Gasteiger partial charge in [0.1, 0.15) is 5.82 Å². The molecule has 0 bridgehead atoms. The molecule has 0 aliphatic heterocycles. The van der Waals surface area contributed by atoms with Gasteiger partial charge in [0, 0.05) is 23.1 Å². The van der Waals surface area contributed by atoms with E-state index in [1.807, 2.05) is 38.1 Å². The summed E-state index contributed by atoms with van der Waals surface area (Å²) < 4.78 is 11.3. The number of benzene rings is 1. The van der Waals surface area contributed by atoms with E-state index in [0.29, 0.717) is 31.0 Å². The molecule has 0 unspecified atom stereocenters. The largest absolute Gasteiger partial charge is 0.478 e. The second-order valence-corrected chi connectivity index (χ2v) is 7.51. The predicted octanol–water partition coefficient (Wildman–Crippen LogP) is 4.82. The maximum atomic E-state index is 5.98. The number of nitrogen functional groups attached to an aromatic ring is 1. The number of fused-ring (bicyclic) bond motifs is 1. The van der Waals surface area contributed by atoms with Crippen LogP contribution in [-0.4, -0.2) is 34.2 Å². The lowest BCUT2D eigenvalue weighted by molar-refractivity contribution is 0.300. The van der Waals surface area contributed by atoms with Crippen LogP contribution in [0.1, 0.15) is 46.0 Å². The van der Waals surface area contributed by atoms with Crippen LogP contribution in [0.25, 0.3) is 22.0 Å². The van der Waals surface area contributed by atoms with E-state index in [9.17, 15) is 0 Å². The molecule has 3 aromatic rings. The third kappa shape index (κ3) is 4.40. The van der Waals surface area contributed by atoms with Gasteiger partial charge in [0.05, 0.1) is 18.7 Å². The van der Waals surface area contributed by atoms with Gasteiger partial charge in [-0.3, -0.25) is 0 Å². The minimum Gasteiger partial charge on any atom is -0.478 e. The van der Waals surface area contributed by atoms with Gasteiger partial charge in [-0.25, -0.2) is 4.98 Å². The zero-order valence-electron chi connectivity index (χ0n) is 17.6. The van der Waals surface area contributed by atoms with E-state index >= 15 is 0 Å². The molecule has 0 saturated heterocycles. The number of nitrogens with zero attached hydrogens (tertiary/aromatic N) is 3. The number of ether oxygens (including phenoxy) is 2. The van der Waals surface area contributed by atoms with Crippen LogP contribution in [0.2, 0.25) is 0 Å². The van der Waals surface area contributed by atoms with Crippen LogP contribution in [0, 0.1) is 0 Å². The van der Waals surface area contributed by atoms with E-state index in [1.54, 1.807) is 0 Å². The standard InChI is InChI=1S/C23H29N5O2/c1-3-29-20-13-11-17(22(27-20)30-4-2)15-10-12-19-18(14-15)21(28-23(24)26-19)25-16-8-6-5-7-9-16/h10-14,16H,3-9H2,1-2H3,(H3,24,25,26,28). The number of anilines is 2. The molecule has 4 rings (SSSR count). The third-order valence-electron chi connectivity index (χ3n) is 5.38. The van der Waals surface area contributed by atoms with E-state index in [-0.39, 0.29) is 5.95 Å². The second kappa shape index (κ2) is 9.15. The van der Waals surface area contributed by atoms with Crippen LogP contribution in [0.4, 0.5) is 11.8 Å². The second-order valence-electron chi connectivity index (χ2n) is 7.51. The van der Waals surface area contributed by atoms with Crippen LogP contribution in [-0.2, 0) is 0 Å². The zero-order valence-corrected chi connectivity index (χ0v) is 17.6. The van der Waals surface area contributed by atoms with Gasteiger partial charge in [0.25, 0.3) is 0 Å². The molecule has 1 aliphatic carbocycles. The summed E-state index contributed by atoms with van der Waals surface area (Å²) in [5, 5.41) is 4.56. The van der Waals surface area contributed by atoms with Crippen LogP contribution in [0.3, 0.4) is 0 Å². The molecule has 0 atom stereocenters. The number of rotatable bonds is 7. The van der Waals surface area contributed by atoms with Crippen molar-refractivity contribution in [1.29, 1.82) is 0 Å². The summed E-state index contributed by atoms with van der Waals surface area (Å²) in [5.41, 5.74) is 8.70. The van der Waals surface area contributed by atoms with Crippen molar-refractivity contribution in [3.63, 3.8) is 0 Å². The van der Waals surface area contributed by atoms with E-state index in [2.05, 4.69) is 26.3 Å². The molecule has 2 aromatic heterocycles. The number of hydrogen-bond acceptors (Lipinski definition) is 7. The maximum Gasteiger partial charge on any atom is 0.224 e. The van der Waals surface area contributed by atoms with Crippen molar-refractivity contribution in [2.45, 2.75) is 52.0 Å². The highest BCUT2D eigenvalue weighted by Gasteiger charge is 2.17. The summed E-state index contributed by atoms with van der Waals surface area (Å²) in [4.78, 5) is 13.5. The van der Waals surface area contributed by atoms with Gasteiger partial charge in [-0.05, 0) is 50.5 Å². The molecule has 7 heteroatoms. The van der Waals surface area contributed by atoms with E-state index in [0.717, 1.165) is 40.7 Å². The molecule has 1 fully saturated rings. The molecular weight excluding hydrogens is 378 g/mol. The molecule has 1 aliphatic rings. The summed E-state index contributed by atoms with van der Waals surface area (Å²) in [5.74, 6) is 2.19. The van der Waals surface area contributed by atoms with Gasteiger partial charge < -0.3 is 20.5 Å². The number of aromatic nitrogens is 3. The fourth-order valence-corrected chi connectivity index (χ4v) is 3.98. The molecule has 1 aromatic carbocycles. The SMILES string of the molecule is CCOc1ccc(-c2ccc3nc(N)nc(NC4CCCCC4)c3c2)c(OCC)n1. The number of hydrogen-bond donors (Lipinski definition) is 2. The average Bonchev–Trinajstić information content (AvgIpc) is 2.75. The monoisotopic (exact) mass is 407 g/mol. The number of pyridine rings is 1. The lowest BCUT2D eigenvalue weighted by atomic mass is 9.95. The minimum absolute atomic E-state index is 0.284. The van der Waals surface area contributed by atoms with Gasteiger partial charge in [-0.1, -0.05) is 25.3 Å². The van der Waals surface area contributed by atoms with Crippen molar-refractivity contribution in [3.05, 3.63) is 30.3 Å². The fraction of sp³-hybridized carbons (Fsp3) is 0.435. The highest BCUT2D eigenvalue weighted by atomic mass is 16.5. The summed E-state index contributed by atoms with van der Waals surface area (Å²) >= 11 is 0. The van der Waals surface area contributed by atoms with E-state index in [4.69, 9.17) is 15.2 Å². The van der Waals surface area contributed by atoms with Gasteiger partial charge in [0.15, 0.2) is 0 Å². The fourth-order valence-electron chi connectivity index (χ4n) is 3.98. The Morgan fingerprint density at radius 1 is 0.967 bits per heavy atom. The minimum atomic E-state index is 0.284. The van der Waals surface area contributed by atoms with Crippen molar-refractivity contribution in [3.8, 4) is 22.9 Å². The molecule has 0 spiro atoms. The van der Waals surface area contributed by atoms with Gasteiger partial charge in [-0.15, -0.1) is 0 Å². The molecule has 1 saturated carbocycles. The Balaban J connectivity index is 1.75. The Hall–Kier alpha value is -3.09. The molecule has 2 heterocycles. The van der Waals surface area contributed by atoms with Crippen LogP contribution >= 0.6 is 0 Å². The molecule has 0 radical (unpaired) electrons. The van der Waals surface area contributed by atoms with Crippen molar-refractivity contribution in [2.75, 3.05) is 24.3 Å². The highest BCUT2D eigenvalue weighted by Crippen LogP contribution is 2.34. The normalized spacial score (nSPS) is 14.6. The summed E-state index contributed by atoms with van der Waals surface area (Å²) in [6.45, 7) is 4.97. The smallest absolute Gasteiger partial charge is 0.224 e. The van der Waals surface area contributed by atoms with Crippen molar-refractivity contribution >= 4 is 22.7 Å². The summed E-state index contributed by atoms with van der Waals surface area (Å²) in [6, 6.07) is 10.3. The van der Waals surface area contributed by atoms with Crippen molar-refractivity contribution in [2.24, 2.45) is 0 Å². The molecule has 30 heavy (non-hydrogen) atoms. The Kier molecular flexibility index (Phi) is 6.16. The molecule has 7 nitrogen and oxygen atoms in total. The van der Waals surface area contributed by atoms with E-state index in [1.165, 1.54) is 19.3 Å². The highest BCUT2D eigenvalue weighted by molar-refractivity contribution is 5.94.